The highest BCUT2D eigenvalue weighted by Gasteiger charge is 2.28. The van der Waals surface area contributed by atoms with Gasteiger partial charge in [-0.1, -0.05) is 17.3 Å². The van der Waals surface area contributed by atoms with Gasteiger partial charge < -0.3 is 14.7 Å². The molecule has 1 aliphatic heterocycles. The molecule has 0 unspecified atom stereocenters. The number of carbonyl (C=O) groups is 1. The average Bonchev–Trinajstić information content (AvgIpc) is 3.36. The zero-order chi connectivity index (χ0) is 22.2. The molecule has 160 valence electrons. The molecule has 10 heteroatoms. The summed E-state index contributed by atoms with van der Waals surface area (Å²) in [6.07, 6.45) is 1.72. The second-order valence-electron chi connectivity index (χ2n) is 7.48. The van der Waals surface area contributed by atoms with Crippen LogP contribution in [0.3, 0.4) is 0 Å². The first kappa shape index (κ1) is 19.6. The molecule has 0 bridgehead atoms. The summed E-state index contributed by atoms with van der Waals surface area (Å²) < 4.78 is 5.07. The van der Waals surface area contributed by atoms with Crippen LogP contribution in [0.25, 0.3) is 22.2 Å². The topological polar surface area (TPSA) is 127 Å². The minimum Gasteiger partial charge on any atom is -0.368 e. The lowest BCUT2D eigenvalue weighted by Gasteiger charge is -2.16. The number of amides is 1. The van der Waals surface area contributed by atoms with E-state index in [-0.39, 0.29) is 11.6 Å². The van der Waals surface area contributed by atoms with Gasteiger partial charge >= 0.3 is 0 Å². The number of hydrogen-bond acceptors (Lipinski definition) is 8. The number of non-ortho nitro benzene ring substituents is 1. The average molecular weight is 430 g/mol. The predicted octanol–water partition coefficient (Wildman–Crippen LogP) is 3.57. The van der Waals surface area contributed by atoms with E-state index >= 15 is 0 Å². The van der Waals surface area contributed by atoms with Crippen molar-refractivity contribution in [3.63, 3.8) is 0 Å². The number of rotatable bonds is 6. The van der Waals surface area contributed by atoms with Crippen LogP contribution in [0.1, 0.15) is 21.8 Å². The highest BCUT2D eigenvalue weighted by atomic mass is 16.6. The predicted molar refractivity (Wildman–Crippen MR) is 116 cm³/mol. The van der Waals surface area contributed by atoms with Crippen molar-refractivity contribution in [2.45, 2.75) is 13.5 Å². The second-order valence-corrected chi connectivity index (χ2v) is 7.48. The Morgan fingerprint density at radius 3 is 2.88 bits per heavy atom. The van der Waals surface area contributed by atoms with Gasteiger partial charge in [0.15, 0.2) is 0 Å². The van der Waals surface area contributed by atoms with Crippen LogP contribution < -0.4 is 5.32 Å². The summed E-state index contributed by atoms with van der Waals surface area (Å²) >= 11 is 0. The third-order valence-electron chi connectivity index (χ3n) is 5.41. The number of hydrogen-bond donors (Lipinski definition) is 1. The molecular formula is C22H18N6O4. The molecule has 0 atom stereocenters. The monoisotopic (exact) mass is 430 g/mol. The molecule has 0 fully saturated rings. The zero-order valence-corrected chi connectivity index (χ0v) is 17.1. The molecule has 0 spiro atoms. The van der Waals surface area contributed by atoms with Gasteiger partial charge in [0.25, 0.3) is 11.6 Å². The van der Waals surface area contributed by atoms with Crippen molar-refractivity contribution in [1.82, 2.24) is 20.0 Å². The van der Waals surface area contributed by atoms with Gasteiger partial charge in [-0.15, -0.1) is 0 Å². The number of aryl methyl sites for hydroxylation is 1. The number of anilines is 1. The van der Waals surface area contributed by atoms with Crippen molar-refractivity contribution in [2.24, 2.45) is 0 Å². The van der Waals surface area contributed by atoms with Gasteiger partial charge in [0.1, 0.15) is 5.82 Å². The molecule has 1 aliphatic rings. The minimum atomic E-state index is -0.492. The van der Waals surface area contributed by atoms with Crippen LogP contribution in [0.15, 0.2) is 53.2 Å². The molecule has 0 saturated carbocycles. The number of benzene rings is 2. The fourth-order valence-electron chi connectivity index (χ4n) is 3.82. The van der Waals surface area contributed by atoms with Crippen LogP contribution in [-0.4, -0.2) is 43.9 Å². The van der Waals surface area contributed by atoms with Gasteiger partial charge in [0, 0.05) is 55.8 Å². The summed E-state index contributed by atoms with van der Waals surface area (Å²) in [5.74, 6) is 1.48. The Morgan fingerprint density at radius 1 is 1.22 bits per heavy atom. The first-order valence-corrected chi connectivity index (χ1v) is 9.99. The van der Waals surface area contributed by atoms with Crippen molar-refractivity contribution in [3.8, 4) is 11.4 Å². The summed E-state index contributed by atoms with van der Waals surface area (Å²) in [6, 6.07) is 12.2. The number of fused-ring (bicyclic) bond motifs is 2. The number of nitrogens with zero attached hydrogens (tertiary/aromatic N) is 5. The molecule has 2 aromatic heterocycles. The highest BCUT2D eigenvalue weighted by Crippen LogP contribution is 2.28. The number of nitro benzene ring substituents is 1. The van der Waals surface area contributed by atoms with Gasteiger partial charge in [-0.05, 0) is 29.1 Å². The number of carbonyl (C=O) groups excluding carboxylic acids is 1. The van der Waals surface area contributed by atoms with Crippen molar-refractivity contribution >= 4 is 28.2 Å². The Bertz CT molecular complexity index is 1370. The number of aromatic nitrogens is 3. The molecule has 3 heterocycles. The first-order chi connectivity index (χ1) is 15.5. The number of pyridine rings is 1. The Labute approximate surface area is 182 Å². The van der Waals surface area contributed by atoms with E-state index in [9.17, 15) is 14.9 Å². The number of nitro groups is 1. The molecule has 2 aromatic carbocycles. The largest absolute Gasteiger partial charge is 0.368 e. The van der Waals surface area contributed by atoms with Crippen molar-refractivity contribution in [3.05, 3.63) is 75.8 Å². The van der Waals surface area contributed by atoms with Gasteiger partial charge in [0.2, 0.25) is 11.7 Å². The molecule has 0 radical (unpaired) electrons. The van der Waals surface area contributed by atoms with Gasteiger partial charge in [-0.25, -0.2) is 4.98 Å². The van der Waals surface area contributed by atoms with Gasteiger partial charge in [0.05, 0.1) is 10.5 Å². The van der Waals surface area contributed by atoms with Crippen LogP contribution in [0.2, 0.25) is 0 Å². The molecule has 32 heavy (non-hydrogen) atoms. The molecule has 1 N–H and O–H groups in total. The molecule has 10 nitrogen and oxygen atoms in total. The van der Waals surface area contributed by atoms with E-state index in [4.69, 9.17) is 4.52 Å². The molecular weight excluding hydrogens is 412 g/mol. The molecule has 5 rings (SSSR count). The van der Waals surface area contributed by atoms with Crippen molar-refractivity contribution in [1.29, 1.82) is 0 Å². The molecule has 0 saturated heterocycles. The summed E-state index contributed by atoms with van der Waals surface area (Å²) in [4.78, 5) is 33.6. The zero-order valence-electron chi connectivity index (χ0n) is 17.1. The van der Waals surface area contributed by atoms with E-state index in [1.54, 1.807) is 24.1 Å². The normalized spacial score (nSPS) is 12.9. The summed E-state index contributed by atoms with van der Waals surface area (Å²) in [5.41, 5.74) is 1.92. The second kappa shape index (κ2) is 7.73. The fourth-order valence-corrected chi connectivity index (χ4v) is 3.82. The third-order valence-corrected chi connectivity index (χ3v) is 5.41. The van der Waals surface area contributed by atoms with Crippen LogP contribution in [-0.2, 0) is 6.54 Å². The van der Waals surface area contributed by atoms with E-state index < -0.39 is 4.92 Å². The first-order valence-electron chi connectivity index (χ1n) is 9.99. The van der Waals surface area contributed by atoms with Crippen molar-refractivity contribution < 1.29 is 14.2 Å². The van der Waals surface area contributed by atoms with Crippen molar-refractivity contribution in [2.75, 3.05) is 18.4 Å². The fraction of sp³-hybridized carbons (Fsp3) is 0.182. The maximum atomic E-state index is 12.7. The van der Waals surface area contributed by atoms with Crippen LogP contribution in [0.4, 0.5) is 11.5 Å². The standard InChI is InChI=1S/C22H18N6O4/c1-13-25-20(26-32-13)15-3-2-14-6-7-23-21(18(14)10-15)24-8-9-27-12-16-4-5-17(28(30)31)11-19(16)22(27)29/h2-7,10-11H,8-9,12H2,1H3,(H,23,24). The smallest absolute Gasteiger partial charge is 0.270 e. The van der Waals surface area contributed by atoms with Gasteiger partial charge in [-0.3, -0.25) is 14.9 Å². The van der Waals surface area contributed by atoms with Crippen LogP contribution in [0, 0.1) is 17.0 Å². The van der Waals surface area contributed by atoms with Crippen LogP contribution in [0.5, 0.6) is 0 Å². The number of nitrogens with one attached hydrogen (secondary N) is 1. The Balaban J connectivity index is 1.31. The van der Waals surface area contributed by atoms with Gasteiger partial charge in [-0.2, -0.15) is 4.98 Å². The van der Waals surface area contributed by atoms with E-state index in [0.717, 1.165) is 21.9 Å². The summed E-state index contributed by atoms with van der Waals surface area (Å²) in [5, 5.41) is 20.2. The van der Waals surface area contributed by atoms with E-state index in [0.29, 0.717) is 42.7 Å². The minimum absolute atomic E-state index is 0.0790. The van der Waals surface area contributed by atoms with E-state index in [2.05, 4.69) is 20.4 Å². The molecule has 1 amide bonds. The Hall–Kier alpha value is -4.34. The highest BCUT2D eigenvalue weighted by molar-refractivity contribution is 5.99. The Morgan fingerprint density at radius 2 is 2.09 bits per heavy atom. The maximum Gasteiger partial charge on any atom is 0.270 e. The van der Waals surface area contributed by atoms with E-state index in [1.807, 2.05) is 24.3 Å². The maximum absolute atomic E-state index is 12.7. The quantitative estimate of drug-likeness (QED) is 0.363. The van der Waals surface area contributed by atoms with Crippen LogP contribution >= 0.6 is 0 Å². The lowest BCUT2D eigenvalue weighted by molar-refractivity contribution is -0.384. The lowest BCUT2D eigenvalue weighted by atomic mass is 10.1. The third kappa shape index (κ3) is 3.51. The summed E-state index contributed by atoms with van der Waals surface area (Å²) in [6.45, 7) is 3.07. The summed E-state index contributed by atoms with van der Waals surface area (Å²) in [7, 11) is 0. The SMILES string of the molecule is Cc1nc(-c2ccc3ccnc(NCCN4Cc5ccc([N+](=O)[O-])cc5C4=O)c3c2)no1. The molecule has 0 aliphatic carbocycles. The lowest BCUT2D eigenvalue weighted by Crippen LogP contribution is -2.29. The molecule has 4 aromatic rings. The Kier molecular flexibility index (Phi) is 4.74. The van der Waals surface area contributed by atoms with E-state index in [1.165, 1.54) is 12.1 Å².